The summed E-state index contributed by atoms with van der Waals surface area (Å²) in [5, 5.41) is 10.6. The van der Waals surface area contributed by atoms with Gasteiger partial charge in [-0.3, -0.25) is 14.3 Å². The Balaban J connectivity index is 2.45. The first-order chi connectivity index (χ1) is 14.7. The summed E-state index contributed by atoms with van der Waals surface area (Å²) < 4.78 is 26.7. The highest BCUT2D eigenvalue weighted by Crippen LogP contribution is 2.50. The number of ether oxygens (including phenoxy) is 2. The SMILES string of the molecule is COC1C(OP(OC)N(C(C)C)C(C)C)[C@@H]([C@@H](O)CC=O)O[C@H]1n1ccc(=O)[nH]c1=O. The Bertz CT molecular complexity index is 821. The average molecular weight is 461 g/mol. The van der Waals surface area contributed by atoms with E-state index in [0.717, 1.165) is 4.57 Å². The second-order valence-electron chi connectivity index (χ2n) is 7.74. The number of aliphatic hydroxyl groups excluding tert-OH is 1. The molecule has 11 nitrogen and oxygen atoms in total. The summed E-state index contributed by atoms with van der Waals surface area (Å²) in [4.78, 5) is 37.0. The first-order valence-electron chi connectivity index (χ1n) is 10.1. The van der Waals surface area contributed by atoms with Crippen molar-refractivity contribution in [1.82, 2.24) is 14.2 Å². The van der Waals surface area contributed by atoms with Gasteiger partial charge >= 0.3 is 5.69 Å². The van der Waals surface area contributed by atoms with Crippen molar-refractivity contribution >= 4 is 14.8 Å². The second-order valence-corrected chi connectivity index (χ2v) is 9.25. The lowest BCUT2D eigenvalue weighted by Crippen LogP contribution is -2.43. The highest BCUT2D eigenvalue weighted by molar-refractivity contribution is 7.44. The lowest BCUT2D eigenvalue weighted by molar-refractivity contribution is -0.116. The predicted octanol–water partition coefficient (Wildman–Crippen LogP) is 0.776. The zero-order valence-corrected chi connectivity index (χ0v) is 19.5. The number of H-pyrrole nitrogens is 1. The van der Waals surface area contributed by atoms with Crippen LogP contribution in [0.15, 0.2) is 21.9 Å². The van der Waals surface area contributed by atoms with Crippen molar-refractivity contribution in [1.29, 1.82) is 0 Å². The average Bonchev–Trinajstić information content (AvgIpc) is 3.05. The molecule has 0 spiro atoms. The standard InChI is InChI=1S/C19H32N3O8P/c1-11(2)22(12(3)4)31(28-6)30-16-15(13(24)8-10-23)29-18(17(16)27-5)21-9-7-14(25)20-19(21)26/h7,9-13,15-18,24H,8H2,1-6H3,(H,20,25,26)/t13-,15+,16?,17?,18+,31?/m0/s1. The van der Waals surface area contributed by atoms with E-state index in [-0.39, 0.29) is 18.5 Å². The van der Waals surface area contributed by atoms with Crippen molar-refractivity contribution in [2.75, 3.05) is 14.2 Å². The summed E-state index contributed by atoms with van der Waals surface area (Å²) in [7, 11) is 1.38. The van der Waals surface area contributed by atoms with E-state index in [4.69, 9.17) is 18.5 Å². The molecule has 0 amide bonds. The first kappa shape index (κ1) is 25.8. The van der Waals surface area contributed by atoms with Crippen molar-refractivity contribution in [2.45, 2.75) is 76.8 Å². The number of rotatable bonds is 11. The van der Waals surface area contributed by atoms with Crippen molar-refractivity contribution in [2.24, 2.45) is 0 Å². The summed E-state index contributed by atoms with van der Waals surface area (Å²) in [6.45, 7) is 8.05. The number of aliphatic hydroxyl groups is 1. The van der Waals surface area contributed by atoms with Gasteiger partial charge in [0.2, 0.25) is 0 Å². The van der Waals surface area contributed by atoms with E-state index >= 15 is 0 Å². The first-order valence-corrected chi connectivity index (χ1v) is 11.2. The Morgan fingerprint density at radius 2 is 1.90 bits per heavy atom. The molecular weight excluding hydrogens is 429 g/mol. The lowest BCUT2D eigenvalue weighted by Gasteiger charge is -2.37. The van der Waals surface area contributed by atoms with E-state index < -0.39 is 50.4 Å². The minimum Gasteiger partial charge on any atom is -0.390 e. The molecule has 1 aliphatic heterocycles. The number of carbonyl (C=O) groups is 1. The van der Waals surface area contributed by atoms with Crippen molar-refractivity contribution in [3.05, 3.63) is 33.1 Å². The van der Waals surface area contributed by atoms with Crippen LogP contribution < -0.4 is 11.2 Å². The molecule has 0 aliphatic carbocycles. The molecular formula is C19H32N3O8P. The van der Waals surface area contributed by atoms with E-state index in [1.54, 1.807) is 0 Å². The molecule has 2 N–H and O–H groups in total. The summed E-state index contributed by atoms with van der Waals surface area (Å²) in [6, 6.07) is 1.39. The topological polar surface area (TPSA) is 132 Å². The molecule has 0 bridgehead atoms. The van der Waals surface area contributed by atoms with Crippen LogP contribution in [-0.2, 0) is 23.3 Å². The van der Waals surface area contributed by atoms with E-state index in [1.807, 2.05) is 32.4 Å². The van der Waals surface area contributed by atoms with Gasteiger partial charge in [0.1, 0.15) is 24.6 Å². The highest BCUT2D eigenvalue weighted by Gasteiger charge is 2.51. The molecule has 1 aromatic heterocycles. The van der Waals surface area contributed by atoms with Gasteiger partial charge in [0.25, 0.3) is 14.1 Å². The van der Waals surface area contributed by atoms with Gasteiger partial charge in [0.05, 0.1) is 6.10 Å². The number of carbonyl (C=O) groups excluding carboxylic acids is 1. The Labute approximate surface area is 182 Å². The molecule has 176 valence electrons. The van der Waals surface area contributed by atoms with Crippen LogP contribution >= 0.6 is 8.53 Å². The number of nitrogens with one attached hydrogen (secondary N) is 1. The zero-order chi connectivity index (χ0) is 23.3. The summed E-state index contributed by atoms with van der Waals surface area (Å²) in [6.07, 6.45) is -3.14. The number of hydrogen-bond acceptors (Lipinski definition) is 9. The fraction of sp³-hybridized carbons (Fsp3) is 0.737. The molecule has 1 saturated heterocycles. The van der Waals surface area contributed by atoms with E-state index in [1.165, 1.54) is 26.5 Å². The molecule has 12 heteroatoms. The van der Waals surface area contributed by atoms with Crippen LogP contribution in [0.5, 0.6) is 0 Å². The number of nitrogens with zero attached hydrogens (tertiary/aromatic N) is 2. The zero-order valence-electron chi connectivity index (χ0n) is 18.6. The third-order valence-corrected chi connectivity index (χ3v) is 6.99. The van der Waals surface area contributed by atoms with Gasteiger partial charge in [-0.05, 0) is 27.7 Å². The molecule has 0 radical (unpaired) electrons. The Kier molecular flexibility index (Phi) is 9.50. The quantitative estimate of drug-likeness (QED) is 0.362. The van der Waals surface area contributed by atoms with Gasteiger partial charge < -0.3 is 28.4 Å². The Morgan fingerprint density at radius 3 is 2.39 bits per heavy atom. The maximum Gasteiger partial charge on any atom is 0.330 e. The van der Waals surface area contributed by atoms with Gasteiger partial charge in [-0.2, -0.15) is 0 Å². The summed E-state index contributed by atoms with van der Waals surface area (Å²) >= 11 is 0. The maximum absolute atomic E-state index is 12.3. The third kappa shape index (κ3) is 5.87. The normalized spacial score (nSPS) is 26.0. The minimum absolute atomic E-state index is 0.102. The van der Waals surface area contributed by atoms with Crippen molar-refractivity contribution in [3.63, 3.8) is 0 Å². The van der Waals surface area contributed by atoms with Gasteiger partial charge in [-0.1, -0.05) is 0 Å². The van der Waals surface area contributed by atoms with Crippen LogP contribution in [-0.4, -0.2) is 76.3 Å². The highest BCUT2D eigenvalue weighted by atomic mass is 31.2. The molecule has 1 aliphatic rings. The van der Waals surface area contributed by atoms with E-state index in [2.05, 4.69) is 4.98 Å². The van der Waals surface area contributed by atoms with Gasteiger partial charge in [0, 0.05) is 45.0 Å². The molecule has 2 heterocycles. The van der Waals surface area contributed by atoms with Crippen LogP contribution in [0.25, 0.3) is 0 Å². The fourth-order valence-corrected chi connectivity index (χ4v) is 5.28. The molecule has 0 aromatic carbocycles. The maximum atomic E-state index is 12.3. The lowest BCUT2D eigenvalue weighted by atomic mass is 10.0. The van der Waals surface area contributed by atoms with Crippen LogP contribution in [0.4, 0.5) is 0 Å². The molecule has 31 heavy (non-hydrogen) atoms. The Morgan fingerprint density at radius 1 is 1.26 bits per heavy atom. The van der Waals surface area contributed by atoms with Gasteiger partial charge in [0.15, 0.2) is 6.23 Å². The van der Waals surface area contributed by atoms with Gasteiger partial charge in [-0.15, -0.1) is 0 Å². The molecule has 0 saturated carbocycles. The molecule has 1 fully saturated rings. The predicted molar refractivity (Wildman–Crippen MR) is 114 cm³/mol. The smallest absolute Gasteiger partial charge is 0.330 e. The monoisotopic (exact) mass is 461 g/mol. The van der Waals surface area contributed by atoms with Crippen LogP contribution in [0, 0.1) is 0 Å². The van der Waals surface area contributed by atoms with Crippen molar-refractivity contribution < 1.29 is 28.4 Å². The summed E-state index contributed by atoms with van der Waals surface area (Å²) in [5.74, 6) is 0. The number of methoxy groups -OCH3 is 1. The second kappa shape index (κ2) is 11.4. The van der Waals surface area contributed by atoms with E-state index in [9.17, 15) is 19.5 Å². The molecule has 6 atom stereocenters. The van der Waals surface area contributed by atoms with Crippen LogP contribution in [0.3, 0.4) is 0 Å². The molecule has 3 unspecified atom stereocenters. The number of aromatic amines is 1. The number of hydrogen-bond donors (Lipinski definition) is 2. The Hall–Kier alpha value is -1.46. The largest absolute Gasteiger partial charge is 0.390 e. The van der Waals surface area contributed by atoms with Crippen LogP contribution in [0.1, 0.15) is 40.3 Å². The molecule has 1 aromatic rings. The fourth-order valence-electron chi connectivity index (χ4n) is 3.70. The third-order valence-electron chi connectivity index (χ3n) is 4.95. The summed E-state index contributed by atoms with van der Waals surface area (Å²) in [5.41, 5.74) is -1.24. The van der Waals surface area contributed by atoms with Gasteiger partial charge in [-0.25, -0.2) is 9.46 Å². The minimum atomic E-state index is -1.58. The number of aromatic nitrogens is 2. The van der Waals surface area contributed by atoms with E-state index in [0.29, 0.717) is 6.29 Å². The van der Waals surface area contributed by atoms with Crippen molar-refractivity contribution in [3.8, 4) is 0 Å². The number of aldehydes is 1. The molecule has 2 rings (SSSR count). The van der Waals surface area contributed by atoms with Crippen LogP contribution in [0.2, 0.25) is 0 Å².